The van der Waals surface area contributed by atoms with E-state index in [4.69, 9.17) is 0 Å². The number of pyridine rings is 1. The van der Waals surface area contributed by atoms with Crippen LogP contribution in [-0.4, -0.2) is 26.0 Å². The zero-order valence-corrected chi connectivity index (χ0v) is 13.3. The van der Waals surface area contributed by atoms with Crippen molar-refractivity contribution >= 4 is 23.0 Å². The molecule has 3 heterocycles. The highest BCUT2D eigenvalue weighted by Gasteiger charge is 2.34. The Labute approximate surface area is 140 Å². The third kappa shape index (κ3) is 2.76. The number of nitrogens with one attached hydrogen (secondary N) is 1. The average molecular weight is 350 g/mol. The number of hydrogen-bond acceptors (Lipinski definition) is 4. The van der Waals surface area contributed by atoms with E-state index in [0.29, 0.717) is 13.1 Å². The van der Waals surface area contributed by atoms with E-state index in [1.54, 1.807) is 18.5 Å². The lowest BCUT2D eigenvalue weighted by Gasteiger charge is -2.28. The van der Waals surface area contributed by atoms with Crippen LogP contribution in [-0.2, 0) is 19.1 Å². The van der Waals surface area contributed by atoms with Crippen molar-refractivity contribution in [2.75, 3.05) is 6.54 Å². The van der Waals surface area contributed by atoms with Gasteiger partial charge in [0.2, 0.25) is 0 Å². The van der Waals surface area contributed by atoms with Gasteiger partial charge >= 0.3 is 6.18 Å². The quantitative estimate of drug-likeness (QED) is 0.709. The number of halogens is 3. The molecule has 0 bridgehead atoms. The highest BCUT2D eigenvalue weighted by Crippen LogP contribution is 2.39. The Hall–Kier alpha value is -2.06. The molecule has 2 aromatic heterocycles. The summed E-state index contributed by atoms with van der Waals surface area (Å²) in [7, 11) is 0. The number of H-pyrrole nitrogens is 1. The Morgan fingerprint density at radius 2 is 2.00 bits per heavy atom. The lowest BCUT2D eigenvalue weighted by molar-refractivity contribution is -0.139. The Morgan fingerprint density at radius 1 is 1.17 bits per heavy atom. The van der Waals surface area contributed by atoms with Crippen LogP contribution in [0.4, 0.5) is 13.2 Å². The van der Waals surface area contributed by atoms with Crippen LogP contribution in [0.15, 0.2) is 41.6 Å². The van der Waals surface area contributed by atoms with E-state index < -0.39 is 11.7 Å². The SMILES string of the molecule is FC(F)(F)c1ccccc1SN1CCc2c(cnc3[nH]ncc23)C1. The van der Waals surface area contributed by atoms with Gasteiger partial charge in [-0.15, -0.1) is 0 Å². The fourth-order valence-electron chi connectivity index (χ4n) is 2.93. The van der Waals surface area contributed by atoms with E-state index in [0.717, 1.165) is 41.0 Å². The molecular weight excluding hydrogens is 337 g/mol. The number of alkyl halides is 3. The molecule has 0 spiro atoms. The van der Waals surface area contributed by atoms with Gasteiger partial charge in [0.05, 0.1) is 11.8 Å². The van der Waals surface area contributed by atoms with Crippen LogP contribution >= 0.6 is 11.9 Å². The first kappa shape index (κ1) is 15.5. The van der Waals surface area contributed by atoms with Crippen LogP contribution in [0, 0.1) is 0 Å². The Bertz CT molecular complexity index is 890. The Morgan fingerprint density at radius 3 is 2.83 bits per heavy atom. The van der Waals surface area contributed by atoms with Gasteiger partial charge in [-0.05, 0) is 41.6 Å². The summed E-state index contributed by atoms with van der Waals surface area (Å²) < 4.78 is 41.3. The predicted octanol–water partition coefficient (Wildman–Crippen LogP) is 4.04. The number of aromatic nitrogens is 3. The molecule has 0 fully saturated rings. The van der Waals surface area contributed by atoms with Crippen molar-refractivity contribution in [3.8, 4) is 0 Å². The Balaban J connectivity index is 1.60. The van der Waals surface area contributed by atoms with E-state index in [2.05, 4.69) is 15.2 Å². The van der Waals surface area contributed by atoms with Crippen molar-refractivity contribution < 1.29 is 13.2 Å². The second-order valence-electron chi connectivity index (χ2n) is 5.59. The first-order valence-electron chi connectivity index (χ1n) is 7.41. The second-order valence-corrected chi connectivity index (χ2v) is 6.73. The van der Waals surface area contributed by atoms with Gasteiger partial charge in [-0.25, -0.2) is 9.29 Å². The number of nitrogens with zero attached hydrogens (tertiary/aromatic N) is 3. The van der Waals surface area contributed by atoms with E-state index >= 15 is 0 Å². The molecule has 1 N–H and O–H groups in total. The van der Waals surface area contributed by atoms with Gasteiger partial charge in [0.15, 0.2) is 5.65 Å². The van der Waals surface area contributed by atoms with Crippen LogP contribution in [0.5, 0.6) is 0 Å². The minimum Gasteiger partial charge on any atom is -0.261 e. The second kappa shape index (κ2) is 5.78. The van der Waals surface area contributed by atoms with Crippen molar-refractivity contribution in [2.45, 2.75) is 24.0 Å². The molecule has 124 valence electrons. The molecule has 0 amide bonds. The summed E-state index contributed by atoms with van der Waals surface area (Å²) in [5.74, 6) is 0. The maximum absolute atomic E-state index is 13.1. The average Bonchev–Trinajstić information content (AvgIpc) is 3.03. The minimum absolute atomic E-state index is 0.228. The van der Waals surface area contributed by atoms with Crippen LogP contribution in [0.1, 0.15) is 16.7 Å². The molecule has 0 saturated heterocycles. The lowest BCUT2D eigenvalue weighted by atomic mass is 10.0. The highest BCUT2D eigenvalue weighted by atomic mass is 32.2. The van der Waals surface area contributed by atoms with E-state index in [1.807, 2.05) is 4.31 Å². The van der Waals surface area contributed by atoms with Crippen LogP contribution < -0.4 is 0 Å². The summed E-state index contributed by atoms with van der Waals surface area (Å²) in [5, 5.41) is 7.84. The molecule has 1 aliphatic heterocycles. The maximum Gasteiger partial charge on any atom is 0.417 e. The van der Waals surface area contributed by atoms with Crippen molar-refractivity contribution in [1.29, 1.82) is 0 Å². The molecule has 4 nitrogen and oxygen atoms in total. The molecule has 0 radical (unpaired) electrons. The van der Waals surface area contributed by atoms with Gasteiger partial charge in [0.1, 0.15) is 0 Å². The molecule has 8 heteroatoms. The molecular formula is C16H13F3N4S. The van der Waals surface area contributed by atoms with Crippen LogP contribution in [0.25, 0.3) is 11.0 Å². The minimum atomic E-state index is -4.35. The number of rotatable bonds is 2. The first-order chi connectivity index (χ1) is 11.5. The first-order valence-corrected chi connectivity index (χ1v) is 8.18. The van der Waals surface area contributed by atoms with E-state index in [9.17, 15) is 13.2 Å². The van der Waals surface area contributed by atoms with Crippen molar-refractivity contribution in [2.24, 2.45) is 0 Å². The number of fused-ring (bicyclic) bond motifs is 3. The lowest BCUT2D eigenvalue weighted by Crippen LogP contribution is -2.25. The number of aromatic amines is 1. The Kier molecular flexibility index (Phi) is 3.73. The standard InChI is InChI=1S/C16H13F3N4S/c17-16(18,19)13-3-1-2-4-14(13)24-23-6-5-11-10(9-23)7-20-15-12(11)8-21-22-15/h1-4,7-8H,5-6,9H2,(H,20,21,22). The third-order valence-electron chi connectivity index (χ3n) is 4.06. The van der Waals surface area contributed by atoms with Gasteiger partial charge < -0.3 is 0 Å². The van der Waals surface area contributed by atoms with Crippen molar-refractivity contribution in [3.63, 3.8) is 0 Å². The summed E-state index contributed by atoms with van der Waals surface area (Å²) in [6, 6.07) is 5.68. The van der Waals surface area contributed by atoms with Gasteiger partial charge in [0.25, 0.3) is 0 Å². The van der Waals surface area contributed by atoms with Gasteiger partial charge in [-0.2, -0.15) is 18.3 Å². The topological polar surface area (TPSA) is 44.8 Å². The van der Waals surface area contributed by atoms with E-state index in [1.165, 1.54) is 17.7 Å². The monoisotopic (exact) mass is 350 g/mol. The molecule has 0 aliphatic carbocycles. The molecule has 1 aliphatic rings. The summed E-state index contributed by atoms with van der Waals surface area (Å²) in [5.41, 5.74) is 2.36. The third-order valence-corrected chi connectivity index (χ3v) is 5.18. The summed E-state index contributed by atoms with van der Waals surface area (Å²) in [6.45, 7) is 1.23. The van der Waals surface area contributed by atoms with Gasteiger partial charge in [-0.1, -0.05) is 12.1 Å². The zero-order valence-electron chi connectivity index (χ0n) is 12.5. The van der Waals surface area contributed by atoms with Crippen molar-refractivity contribution in [1.82, 2.24) is 19.5 Å². The normalized spacial score (nSPS) is 15.6. The fourth-order valence-corrected chi connectivity index (χ4v) is 4.01. The zero-order chi connectivity index (χ0) is 16.7. The van der Waals surface area contributed by atoms with Crippen LogP contribution in [0.3, 0.4) is 0 Å². The van der Waals surface area contributed by atoms with Gasteiger partial charge in [-0.3, -0.25) is 5.10 Å². The smallest absolute Gasteiger partial charge is 0.261 e. The van der Waals surface area contributed by atoms with Gasteiger partial charge in [0, 0.05) is 29.6 Å². The summed E-state index contributed by atoms with van der Waals surface area (Å²) >= 11 is 1.15. The highest BCUT2D eigenvalue weighted by molar-refractivity contribution is 7.97. The molecule has 3 aromatic rings. The summed E-state index contributed by atoms with van der Waals surface area (Å²) in [6.07, 6.45) is -0.0575. The van der Waals surface area contributed by atoms with E-state index in [-0.39, 0.29) is 4.90 Å². The molecule has 1 aromatic carbocycles. The maximum atomic E-state index is 13.1. The largest absolute Gasteiger partial charge is 0.417 e. The molecule has 24 heavy (non-hydrogen) atoms. The van der Waals surface area contributed by atoms with Crippen LogP contribution in [0.2, 0.25) is 0 Å². The van der Waals surface area contributed by atoms with Crippen molar-refractivity contribution in [3.05, 3.63) is 53.3 Å². The number of benzene rings is 1. The molecule has 4 rings (SSSR count). The predicted molar refractivity (Wildman–Crippen MR) is 85.3 cm³/mol. The summed E-state index contributed by atoms with van der Waals surface area (Å²) in [4.78, 5) is 4.55. The molecule has 0 atom stereocenters. The number of hydrogen-bond donors (Lipinski definition) is 1. The fraction of sp³-hybridized carbons (Fsp3) is 0.250. The molecule has 0 saturated carbocycles. The molecule has 0 unspecified atom stereocenters.